The first kappa shape index (κ1) is 20.1. The molecule has 0 aliphatic heterocycles. The molecule has 0 bridgehead atoms. The maximum atomic E-state index is 12.2. The van der Waals surface area contributed by atoms with Gasteiger partial charge in [-0.25, -0.2) is 4.79 Å². The molecule has 3 aromatic rings. The first-order valence-electron chi connectivity index (χ1n) is 9.16. The molecule has 0 aliphatic rings. The van der Waals surface area contributed by atoms with Gasteiger partial charge < -0.3 is 9.47 Å². The number of nitrogens with zero attached hydrogens (tertiary/aromatic N) is 3. The van der Waals surface area contributed by atoms with Gasteiger partial charge in [0.25, 0.3) is 0 Å². The third-order valence-electron chi connectivity index (χ3n) is 4.19. The van der Waals surface area contributed by atoms with Gasteiger partial charge in [-0.05, 0) is 11.6 Å². The van der Waals surface area contributed by atoms with Crippen molar-refractivity contribution < 1.29 is 14.3 Å². The summed E-state index contributed by atoms with van der Waals surface area (Å²) in [6, 6.07) is 21.5. The molecule has 0 fully saturated rings. The zero-order chi connectivity index (χ0) is 20.5. The van der Waals surface area contributed by atoms with E-state index in [1.54, 1.807) is 4.68 Å². The summed E-state index contributed by atoms with van der Waals surface area (Å²) in [4.78, 5) is 12.2. The van der Waals surface area contributed by atoms with Crippen LogP contribution < -0.4 is 0 Å². The average molecular weight is 387 g/mol. The van der Waals surface area contributed by atoms with Crippen LogP contribution >= 0.6 is 0 Å². The number of carbonyl (C=O) groups excluding carboxylic acids is 1. The second kappa shape index (κ2) is 10.0. The zero-order valence-corrected chi connectivity index (χ0v) is 16.1. The van der Waals surface area contributed by atoms with Gasteiger partial charge in [-0.2, -0.15) is 10.4 Å². The fourth-order valence-corrected chi connectivity index (χ4v) is 2.80. The Balaban J connectivity index is 1.95. The summed E-state index contributed by atoms with van der Waals surface area (Å²) in [5, 5.41) is 14.1. The summed E-state index contributed by atoms with van der Waals surface area (Å²) in [6.07, 6.45) is 3.35. The van der Waals surface area contributed by atoms with Crippen molar-refractivity contribution in [2.45, 2.75) is 6.54 Å². The third kappa shape index (κ3) is 5.41. The van der Waals surface area contributed by atoms with Crippen molar-refractivity contribution in [2.75, 3.05) is 20.3 Å². The molecule has 29 heavy (non-hydrogen) atoms. The van der Waals surface area contributed by atoms with E-state index in [4.69, 9.17) is 9.47 Å². The molecule has 2 aromatic carbocycles. The van der Waals surface area contributed by atoms with Crippen LogP contribution in [0.1, 0.15) is 11.1 Å². The zero-order valence-electron chi connectivity index (χ0n) is 16.1. The van der Waals surface area contributed by atoms with E-state index in [2.05, 4.69) is 5.10 Å². The molecule has 0 saturated carbocycles. The van der Waals surface area contributed by atoms with Gasteiger partial charge in [-0.3, -0.25) is 4.68 Å². The molecular formula is C23H21N3O3. The van der Waals surface area contributed by atoms with Crippen molar-refractivity contribution >= 4 is 12.0 Å². The Morgan fingerprint density at radius 3 is 2.45 bits per heavy atom. The minimum absolute atomic E-state index is 0.0856. The second-order valence-electron chi connectivity index (χ2n) is 6.28. The molecule has 6 heteroatoms. The van der Waals surface area contributed by atoms with Crippen molar-refractivity contribution in [3.8, 4) is 17.3 Å². The average Bonchev–Trinajstić information content (AvgIpc) is 3.15. The minimum Gasteiger partial charge on any atom is -0.459 e. The summed E-state index contributed by atoms with van der Waals surface area (Å²) >= 11 is 0. The number of hydrogen-bond acceptors (Lipinski definition) is 5. The largest absolute Gasteiger partial charge is 0.459 e. The highest BCUT2D eigenvalue weighted by molar-refractivity contribution is 5.98. The smallest absolute Gasteiger partial charge is 0.348 e. The number of nitriles is 1. The Labute approximate surface area is 169 Å². The Hall–Kier alpha value is -3.69. The number of aromatic nitrogens is 2. The first-order chi connectivity index (χ1) is 14.2. The number of methoxy groups -OCH3 is 1. The summed E-state index contributed by atoms with van der Waals surface area (Å²) in [7, 11) is 1.52. The molecule has 0 unspecified atom stereocenters. The van der Waals surface area contributed by atoms with Gasteiger partial charge in [-0.1, -0.05) is 60.7 Å². The van der Waals surface area contributed by atoms with Gasteiger partial charge in [0.15, 0.2) is 0 Å². The van der Waals surface area contributed by atoms with Gasteiger partial charge >= 0.3 is 5.97 Å². The van der Waals surface area contributed by atoms with Crippen LogP contribution in [0.25, 0.3) is 17.3 Å². The number of hydrogen-bond donors (Lipinski definition) is 0. The van der Waals surface area contributed by atoms with Crippen molar-refractivity contribution in [3.63, 3.8) is 0 Å². The molecule has 0 N–H and O–H groups in total. The molecule has 3 rings (SSSR count). The first-order valence-corrected chi connectivity index (χ1v) is 9.16. The lowest BCUT2D eigenvalue weighted by atomic mass is 10.1. The van der Waals surface area contributed by atoms with Crippen LogP contribution in [0.2, 0.25) is 0 Å². The number of esters is 1. The summed E-state index contributed by atoms with van der Waals surface area (Å²) in [5.74, 6) is -0.681. The third-order valence-corrected chi connectivity index (χ3v) is 4.19. The van der Waals surface area contributed by atoms with E-state index >= 15 is 0 Å². The van der Waals surface area contributed by atoms with Crippen molar-refractivity contribution in [2.24, 2.45) is 0 Å². The van der Waals surface area contributed by atoms with E-state index in [0.29, 0.717) is 17.8 Å². The highest BCUT2D eigenvalue weighted by Crippen LogP contribution is 2.24. The van der Waals surface area contributed by atoms with Crippen molar-refractivity contribution in [1.82, 2.24) is 9.78 Å². The van der Waals surface area contributed by atoms with E-state index in [-0.39, 0.29) is 18.8 Å². The predicted molar refractivity (Wildman–Crippen MR) is 110 cm³/mol. The summed E-state index contributed by atoms with van der Waals surface area (Å²) < 4.78 is 11.7. The number of benzene rings is 2. The van der Waals surface area contributed by atoms with Crippen LogP contribution in [0.5, 0.6) is 0 Å². The summed E-state index contributed by atoms with van der Waals surface area (Å²) in [6.45, 7) is 0.941. The highest BCUT2D eigenvalue weighted by Gasteiger charge is 2.15. The van der Waals surface area contributed by atoms with Crippen LogP contribution in [-0.2, 0) is 20.8 Å². The Morgan fingerprint density at radius 2 is 1.79 bits per heavy atom. The molecule has 0 spiro atoms. The maximum Gasteiger partial charge on any atom is 0.348 e. The molecule has 0 saturated heterocycles. The number of ether oxygens (including phenoxy) is 2. The van der Waals surface area contributed by atoms with E-state index in [1.165, 1.54) is 13.2 Å². The lowest BCUT2D eigenvalue weighted by Crippen LogP contribution is -2.11. The Morgan fingerprint density at radius 1 is 1.10 bits per heavy atom. The highest BCUT2D eigenvalue weighted by atomic mass is 16.6. The van der Waals surface area contributed by atoms with Crippen molar-refractivity contribution in [3.05, 3.63) is 83.6 Å². The van der Waals surface area contributed by atoms with Crippen LogP contribution in [0.15, 0.2) is 72.4 Å². The minimum atomic E-state index is -0.681. The number of rotatable bonds is 8. The summed E-state index contributed by atoms with van der Waals surface area (Å²) in [5.41, 5.74) is 3.28. The lowest BCUT2D eigenvalue weighted by molar-refractivity contribution is -0.139. The van der Waals surface area contributed by atoms with Crippen LogP contribution in [0.3, 0.4) is 0 Å². The van der Waals surface area contributed by atoms with Crippen LogP contribution in [-0.4, -0.2) is 36.1 Å². The Bertz CT molecular complexity index is 1020. The van der Waals surface area contributed by atoms with E-state index in [0.717, 1.165) is 11.1 Å². The molecule has 0 radical (unpaired) electrons. The van der Waals surface area contributed by atoms with Crippen LogP contribution in [0, 0.1) is 11.3 Å². The molecule has 6 nitrogen and oxygen atoms in total. The van der Waals surface area contributed by atoms with Crippen molar-refractivity contribution in [1.29, 1.82) is 5.26 Å². The molecule has 1 heterocycles. The van der Waals surface area contributed by atoms with E-state index in [9.17, 15) is 10.1 Å². The molecule has 146 valence electrons. The topological polar surface area (TPSA) is 77.1 Å². The monoisotopic (exact) mass is 387 g/mol. The standard InChI is InChI=1S/C23H21N3O3/c1-28-12-13-29-23(27)20(15-24)14-21-17-26(16-18-8-4-2-5-9-18)25-22(21)19-10-6-3-7-11-19/h2-11,14,17H,12-13,16H2,1H3/b20-14-. The lowest BCUT2D eigenvalue weighted by Gasteiger charge is -2.03. The molecule has 1 aromatic heterocycles. The van der Waals surface area contributed by atoms with E-state index in [1.807, 2.05) is 72.9 Å². The fraction of sp³-hybridized carbons (Fsp3) is 0.174. The van der Waals surface area contributed by atoms with Gasteiger partial charge in [0, 0.05) is 24.4 Å². The normalized spacial score (nSPS) is 11.1. The molecule has 0 aliphatic carbocycles. The van der Waals surface area contributed by atoms with E-state index < -0.39 is 5.97 Å². The van der Waals surface area contributed by atoms with Gasteiger partial charge in [0.1, 0.15) is 18.2 Å². The van der Waals surface area contributed by atoms with Gasteiger partial charge in [0.05, 0.1) is 18.8 Å². The van der Waals surface area contributed by atoms with Crippen LogP contribution in [0.4, 0.5) is 0 Å². The van der Waals surface area contributed by atoms with Gasteiger partial charge in [0.2, 0.25) is 0 Å². The fourth-order valence-electron chi connectivity index (χ4n) is 2.80. The number of carbonyl (C=O) groups is 1. The molecule has 0 atom stereocenters. The molecular weight excluding hydrogens is 366 g/mol. The second-order valence-corrected chi connectivity index (χ2v) is 6.28. The Kier molecular flexibility index (Phi) is 6.93. The van der Waals surface area contributed by atoms with Gasteiger partial charge in [-0.15, -0.1) is 0 Å². The quantitative estimate of drug-likeness (QED) is 0.255. The SMILES string of the molecule is COCCOC(=O)/C(C#N)=C\c1cn(Cc2ccccc2)nc1-c1ccccc1. The molecule has 0 amide bonds. The maximum absolute atomic E-state index is 12.2. The predicted octanol–water partition coefficient (Wildman–Crippen LogP) is 3.69.